The van der Waals surface area contributed by atoms with Gasteiger partial charge in [-0.1, -0.05) is 11.6 Å². The van der Waals surface area contributed by atoms with Crippen molar-refractivity contribution in [2.24, 2.45) is 5.92 Å². The quantitative estimate of drug-likeness (QED) is 0.783. The molecule has 1 aromatic carbocycles. The molecule has 2 aliphatic heterocycles. The number of benzene rings is 1. The van der Waals surface area contributed by atoms with Gasteiger partial charge in [0.25, 0.3) is 5.56 Å². The zero-order valence-electron chi connectivity index (χ0n) is 13.8. The SMILES string of the molecule is CC(=O)N1C[C@@H]2C[C@H](C1)c1cc(-c3cc(F)ccc3Cl)cc(=O)n1C2. The van der Waals surface area contributed by atoms with Crippen LogP contribution in [0.1, 0.15) is 25.0 Å². The lowest BCUT2D eigenvalue weighted by Gasteiger charge is -2.42. The highest BCUT2D eigenvalue weighted by Gasteiger charge is 2.35. The van der Waals surface area contributed by atoms with Gasteiger partial charge in [-0.05, 0) is 42.2 Å². The molecular weight excluding hydrogens is 343 g/mol. The topological polar surface area (TPSA) is 42.3 Å². The molecular formula is C19H18ClFN2O2. The van der Waals surface area contributed by atoms with Crippen LogP contribution in [0.15, 0.2) is 35.1 Å². The van der Waals surface area contributed by atoms with Crippen molar-refractivity contribution >= 4 is 17.5 Å². The van der Waals surface area contributed by atoms with E-state index in [1.165, 1.54) is 24.3 Å². The van der Waals surface area contributed by atoms with Gasteiger partial charge in [0, 0.05) is 54.8 Å². The highest BCUT2D eigenvalue weighted by Crippen LogP contribution is 2.37. The van der Waals surface area contributed by atoms with Crippen molar-refractivity contribution in [3.05, 3.63) is 57.2 Å². The minimum atomic E-state index is -0.391. The van der Waals surface area contributed by atoms with Crippen molar-refractivity contribution in [3.8, 4) is 11.1 Å². The number of aromatic nitrogens is 1. The summed E-state index contributed by atoms with van der Waals surface area (Å²) in [6.07, 6.45) is 0.962. The lowest BCUT2D eigenvalue weighted by Crippen LogP contribution is -2.48. The molecule has 0 unspecified atom stereocenters. The molecule has 1 fully saturated rings. The van der Waals surface area contributed by atoms with Gasteiger partial charge in [-0.2, -0.15) is 0 Å². The lowest BCUT2D eigenvalue weighted by molar-refractivity contribution is -0.131. The van der Waals surface area contributed by atoms with Crippen LogP contribution in [0.25, 0.3) is 11.1 Å². The average molecular weight is 361 g/mol. The fourth-order valence-corrected chi connectivity index (χ4v) is 4.32. The van der Waals surface area contributed by atoms with Crippen LogP contribution in [0.4, 0.5) is 4.39 Å². The number of halogens is 2. The number of piperidine rings is 1. The molecule has 2 aliphatic rings. The second kappa shape index (κ2) is 5.99. The van der Waals surface area contributed by atoms with Crippen LogP contribution in [-0.4, -0.2) is 28.5 Å². The van der Waals surface area contributed by atoms with Crippen LogP contribution in [0.5, 0.6) is 0 Å². The lowest BCUT2D eigenvalue weighted by atomic mass is 9.82. The molecule has 2 bridgehead atoms. The van der Waals surface area contributed by atoms with Gasteiger partial charge in [0.15, 0.2) is 0 Å². The summed E-state index contributed by atoms with van der Waals surface area (Å²) >= 11 is 6.21. The molecule has 130 valence electrons. The van der Waals surface area contributed by atoms with Crippen molar-refractivity contribution < 1.29 is 9.18 Å². The number of carbonyl (C=O) groups excluding carboxylic acids is 1. The van der Waals surface area contributed by atoms with Gasteiger partial charge < -0.3 is 9.47 Å². The Kier molecular flexibility index (Phi) is 3.91. The van der Waals surface area contributed by atoms with Crippen LogP contribution in [-0.2, 0) is 11.3 Å². The average Bonchev–Trinajstić information content (AvgIpc) is 2.57. The molecule has 2 aromatic rings. The first-order valence-electron chi connectivity index (χ1n) is 8.38. The molecule has 3 heterocycles. The normalized spacial score (nSPS) is 21.8. The van der Waals surface area contributed by atoms with Gasteiger partial charge >= 0.3 is 0 Å². The Morgan fingerprint density at radius 1 is 1.20 bits per heavy atom. The van der Waals surface area contributed by atoms with E-state index in [-0.39, 0.29) is 17.4 Å². The second-order valence-electron chi connectivity index (χ2n) is 6.96. The van der Waals surface area contributed by atoms with Crippen LogP contribution in [0.3, 0.4) is 0 Å². The summed E-state index contributed by atoms with van der Waals surface area (Å²) in [7, 11) is 0. The highest BCUT2D eigenvalue weighted by molar-refractivity contribution is 6.33. The molecule has 1 aromatic heterocycles. The largest absolute Gasteiger partial charge is 0.342 e. The maximum Gasteiger partial charge on any atom is 0.251 e. The third-order valence-corrected chi connectivity index (χ3v) is 5.57. The minimum absolute atomic E-state index is 0.0647. The number of nitrogens with zero attached hydrogens (tertiary/aromatic N) is 2. The molecule has 0 N–H and O–H groups in total. The number of likely N-dealkylation sites (tertiary alicyclic amines) is 1. The van der Waals surface area contributed by atoms with E-state index in [2.05, 4.69) is 0 Å². The van der Waals surface area contributed by atoms with Gasteiger partial charge in [-0.25, -0.2) is 4.39 Å². The molecule has 0 aliphatic carbocycles. The standard InChI is InChI=1S/C19H18ClFN2O2/c1-11(24)22-8-12-4-14(10-22)18-5-13(6-19(25)23(18)9-12)16-7-15(21)2-3-17(16)20/h2-3,5-7,12,14H,4,8-10H2,1H3/t12-,14+/m0/s1. The predicted octanol–water partition coefficient (Wildman–Crippen LogP) is 3.27. The minimum Gasteiger partial charge on any atom is -0.342 e. The third-order valence-electron chi connectivity index (χ3n) is 5.24. The van der Waals surface area contributed by atoms with Crippen LogP contribution in [0.2, 0.25) is 5.02 Å². The van der Waals surface area contributed by atoms with E-state index >= 15 is 0 Å². The van der Waals surface area contributed by atoms with E-state index in [9.17, 15) is 14.0 Å². The summed E-state index contributed by atoms with van der Waals surface area (Å²) in [6, 6.07) is 7.59. The van der Waals surface area contributed by atoms with E-state index in [1.54, 1.807) is 11.5 Å². The first-order chi connectivity index (χ1) is 11.9. The Hall–Kier alpha value is -2.14. The van der Waals surface area contributed by atoms with E-state index in [0.29, 0.717) is 41.7 Å². The fourth-order valence-electron chi connectivity index (χ4n) is 4.09. The van der Waals surface area contributed by atoms with Crippen molar-refractivity contribution in [2.45, 2.75) is 25.8 Å². The van der Waals surface area contributed by atoms with Crippen molar-refractivity contribution in [1.29, 1.82) is 0 Å². The van der Waals surface area contributed by atoms with E-state index < -0.39 is 5.82 Å². The maximum atomic E-state index is 13.6. The Bertz CT molecular complexity index is 924. The summed E-state index contributed by atoms with van der Waals surface area (Å²) in [5.41, 5.74) is 1.95. The Morgan fingerprint density at radius 3 is 2.76 bits per heavy atom. The Balaban J connectivity index is 1.82. The maximum absolute atomic E-state index is 13.6. The Labute approximate surface area is 149 Å². The van der Waals surface area contributed by atoms with E-state index in [4.69, 9.17) is 11.6 Å². The summed E-state index contributed by atoms with van der Waals surface area (Å²) in [6.45, 7) is 3.52. The van der Waals surface area contributed by atoms with Gasteiger partial charge in [0.1, 0.15) is 5.82 Å². The van der Waals surface area contributed by atoms with Crippen LogP contribution >= 0.6 is 11.6 Å². The molecule has 0 radical (unpaired) electrons. The summed E-state index contributed by atoms with van der Waals surface area (Å²) in [5, 5.41) is 0.411. The van der Waals surface area contributed by atoms with Gasteiger partial charge in [-0.3, -0.25) is 9.59 Å². The fraction of sp³-hybridized carbons (Fsp3) is 0.368. The predicted molar refractivity (Wildman–Crippen MR) is 94.2 cm³/mol. The molecule has 0 saturated carbocycles. The molecule has 1 saturated heterocycles. The zero-order valence-corrected chi connectivity index (χ0v) is 14.6. The number of hydrogen-bond acceptors (Lipinski definition) is 2. The number of pyridine rings is 1. The second-order valence-corrected chi connectivity index (χ2v) is 7.37. The number of hydrogen-bond donors (Lipinski definition) is 0. The molecule has 25 heavy (non-hydrogen) atoms. The van der Waals surface area contributed by atoms with Gasteiger partial charge in [0.05, 0.1) is 0 Å². The first-order valence-corrected chi connectivity index (χ1v) is 8.76. The third kappa shape index (κ3) is 2.86. The van der Waals surface area contributed by atoms with E-state index in [0.717, 1.165) is 12.1 Å². The summed E-state index contributed by atoms with van der Waals surface area (Å²) < 4.78 is 15.4. The zero-order chi connectivity index (χ0) is 17.7. The van der Waals surface area contributed by atoms with Gasteiger partial charge in [0.2, 0.25) is 5.91 Å². The molecule has 0 spiro atoms. The Morgan fingerprint density at radius 2 is 2.00 bits per heavy atom. The molecule has 2 atom stereocenters. The van der Waals surface area contributed by atoms with Crippen LogP contribution < -0.4 is 5.56 Å². The van der Waals surface area contributed by atoms with Crippen molar-refractivity contribution in [1.82, 2.24) is 9.47 Å². The molecule has 1 amide bonds. The molecule has 4 nitrogen and oxygen atoms in total. The number of rotatable bonds is 1. The number of amides is 1. The summed E-state index contributed by atoms with van der Waals surface area (Å²) in [5.74, 6) is 0.0976. The summed E-state index contributed by atoms with van der Waals surface area (Å²) in [4.78, 5) is 26.3. The number of carbonyl (C=O) groups is 1. The van der Waals surface area contributed by atoms with Crippen molar-refractivity contribution in [2.75, 3.05) is 13.1 Å². The molecule has 4 rings (SSSR count). The van der Waals surface area contributed by atoms with E-state index in [1.807, 2.05) is 11.0 Å². The first kappa shape index (κ1) is 16.3. The monoisotopic (exact) mass is 360 g/mol. The van der Waals surface area contributed by atoms with Gasteiger partial charge in [-0.15, -0.1) is 0 Å². The number of fused-ring (bicyclic) bond motifs is 4. The molecule has 6 heteroatoms. The van der Waals surface area contributed by atoms with Crippen molar-refractivity contribution in [3.63, 3.8) is 0 Å². The van der Waals surface area contributed by atoms with Crippen LogP contribution in [0, 0.1) is 11.7 Å². The highest BCUT2D eigenvalue weighted by atomic mass is 35.5. The smallest absolute Gasteiger partial charge is 0.251 e.